The number of benzene rings is 1. The first-order valence-electron chi connectivity index (χ1n) is 7.92. The fourth-order valence-corrected chi connectivity index (χ4v) is 3.09. The van der Waals surface area contributed by atoms with E-state index in [1.807, 2.05) is 4.90 Å². The topological polar surface area (TPSA) is 42.0 Å². The lowest BCUT2D eigenvalue weighted by atomic mass is 10.1. The molecule has 0 aromatic heterocycles. The van der Waals surface area contributed by atoms with Crippen LogP contribution < -0.4 is 4.74 Å². The van der Waals surface area contributed by atoms with Crippen molar-refractivity contribution in [1.29, 1.82) is 0 Å². The second-order valence-corrected chi connectivity index (χ2v) is 6.41. The second kappa shape index (κ2) is 8.52. The van der Waals surface area contributed by atoms with E-state index in [1.165, 1.54) is 0 Å². The number of carbonyl (C=O) groups excluding carboxylic acids is 1. The standard InChI is InChI=1S/C17H25ClN2O3/c1-13-10-19(11-14(2)20(13)8-9-22-3)17(21)12-23-16-6-4-15(18)5-7-16/h4-7,13-14H,8-12H2,1-3H3. The average Bonchev–Trinajstić information content (AvgIpc) is 2.53. The predicted molar refractivity (Wildman–Crippen MR) is 91.0 cm³/mol. The molecule has 2 rings (SSSR count). The molecule has 0 saturated carbocycles. The summed E-state index contributed by atoms with van der Waals surface area (Å²) in [5.41, 5.74) is 0. The zero-order chi connectivity index (χ0) is 16.8. The summed E-state index contributed by atoms with van der Waals surface area (Å²) in [6.07, 6.45) is 0. The monoisotopic (exact) mass is 340 g/mol. The Balaban J connectivity index is 1.84. The van der Waals surface area contributed by atoms with Gasteiger partial charge in [0.05, 0.1) is 6.61 Å². The molecule has 1 heterocycles. The smallest absolute Gasteiger partial charge is 0.260 e. The van der Waals surface area contributed by atoms with E-state index in [0.29, 0.717) is 29.5 Å². The summed E-state index contributed by atoms with van der Waals surface area (Å²) in [4.78, 5) is 16.6. The summed E-state index contributed by atoms with van der Waals surface area (Å²) in [5, 5.41) is 0.651. The lowest BCUT2D eigenvalue weighted by molar-refractivity contribution is -0.137. The molecule has 0 N–H and O–H groups in total. The van der Waals surface area contributed by atoms with E-state index in [1.54, 1.807) is 31.4 Å². The molecule has 0 bridgehead atoms. The van der Waals surface area contributed by atoms with Gasteiger partial charge >= 0.3 is 0 Å². The summed E-state index contributed by atoms with van der Waals surface area (Å²) in [5.74, 6) is 0.674. The van der Waals surface area contributed by atoms with Crippen molar-refractivity contribution >= 4 is 17.5 Å². The molecule has 1 aromatic carbocycles. The zero-order valence-electron chi connectivity index (χ0n) is 14.0. The second-order valence-electron chi connectivity index (χ2n) is 5.97. The first-order valence-corrected chi connectivity index (χ1v) is 8.30. The average molecular weight is 341 g/mol. The Bertz CT molecular complexity index is 497. The van der Waals surface area contributed by atoms with E-state index >= 15 is 0 Å². The van der Waals surface area contributed by atoms with E-state index in [0.717, 1.165) is 19.6 Å². The van der Waals surface area contributed by atoms with Crippen LogP contribution in [0.4, 0.5) is 0 Å². The fraction of sp³-hybridized carbons (Fsp3) is 0.588. The van der Waals surface area contributed by atoms with Crippen molar-refractivity contribution in [1.82, 2.24) is 9.80 Å². The highest BCUT2D eigenvalue weighted by molar-refractivity contribution is 6.30. The van der Waals surface area contributed by atoms with Gasteiger partial charge in [0.25, 0.3) is 5.91 Å². The van der Waals surface area contributed by atoms with Crippen LogP contribution in [-0.2, 0) is 9.53 Å². The van der Waals surface area contributed by atoms with E-state index in [9.17, 15) is 4.79 Å². The number of hydrogen-bond donors (Lipinski definition) is 0. The number of carbonyl (C=O) groups is 1. The van der Waals surface area contributed by atoms with E-state index in [2.05, 4.69) is 18.7 Å². The van der Waals surface area contributed by atoms with E-state index in [-0.39, 0.29) is 12.5 Å². The molecule has 5 nitrogen and oxygen atoms in total. The maximum Gasteiger partial charge on any atom is 0.260 e. The number of methoxy groups -OCH3 is 1. The molecule has 1 saturated heterocycles. The maximum atomic E-state index is 12.4. The van der Waals surface area contributed by atoms with Gasteiger partial charge < -0.3 is 14.4 Å². The van der Waals surface area contributed by atoms with Crippen LogP contribution in [0.1, 0.15) is 13.8 Å². The van der Waals surface area contributed by atoms with Gasteiger partial charge in [-0.15, -0.1) is 0 Å². The molecule has 6 heteroatoms. The number of halogens is 1. The van der Waals surface area contributed by atoms with Gasteiger partial charge in [-0.3, -0.25) is 9.69 Å². The Kier molecular flexibility index (Phi) is 6.69. The third-order valence-electron chi connectivity index (χ3n) is 4.18. The molecule has 2 unspecified atom stereocenters. The molecule has 1 aliphatic heterocycles. The zero-order valence-corrected chi connectivity index (χ0v) is 14.8. The Morgan fingerprint density at radius 3 is 2.39 bits per heavy atom. The molecule has 1 amide bonds. The number of piperazine rings is 1. The molecule has 1 aromatic rings. The van der Waals surface area contributed by atoms with Crippen molar-refractivity contribution < 1.29 is 14.3 Å². The molecule has 1 aliphatic rings. The predicted octanol–water partition coefficient (Wildman–Crippen LogP) is 2.29. The molecule has 1 fully saturated rings. The minimum Gasteiger partial charge on any atom is -0.484 e. The number of amides is 1. The fourth-order valence-electron chi connectivity index (χ4n) is 2.96. The van der Waals surface area contributed by atoms with Gasteiger partial charge in [-0.1, -0.05) is 11.6 Å². The third-order valence-corrected chi connectivity index (χ3v) is 4.44. The summed E-state index contributed by atoms with van der Waals surface area (Å²) in [6.45, 7) is 7.38. The molecular weight excluding hydrogens is 316 g/mol. The highest BCUT2D eigenvalue weighted by Gasteiger charge is 2.31. The van der Waals surface area contributed by atoms with Gasteiger partial charge in [0.15, 0.2) is 6.61 Å². The summed E-state index contributed by atoms with van der Waals surface area (Å²) >= 11 is 5.83. The molecular formula is C17H25ClN2O3. The van der Waals surface area contributed by atoms with Gasteiger partial charge in [-0.05, 0) is 38.1 Å². The van der Waals surface area contributed by atoms with Crippen LogP contribution in [0, 0.1) is 0 Å². The molecule has 0 aliphatic carbocycles. The largest absolute Gasteiger partial charge is 0.484 e. The van der Waals surface area contributed by atoms with Crippen LogP contribution >= 0.6 is 11.6 Å². The number of ether oxygens (including phenoxy) is 2. The van der Waals surface area contributed by atoms with Gasteiger partial charge in [-0.25, -0.2) is 0 Å². The Morgan fingerprint density at radius 1 is 1.22 bits per heavy atom. The molecule has 128 valence electrons. The van der Waals surface area contributed by atoms with E-state index in [4.69, 9.17) is 21.1 Å². The normalized spacial score (nSPS) is 22.2. The SMILES string of the molecule is COCCN1C(C)CN(C(=O)COc2ccc(Cl)cc2)CC1C. The lowest BCUT2D eigenvalue weighted by Crippen LogP contribution is -2.59. The number of rotatable bonds is 6. The Labute approximate surface area is 143 Å². The van der Waals surface area contributed by atoms with Gasteiger partial charge in [0.2, 0.25) is 0 Å². The third kappa shape index (κ3) is 5.09. The number of nitrogens with zero attached hydrogens (tertiary/aromatic N) is 2. The van der Waals surface area contributed by atoms with Crippen LogP contribution in [0.3, 0.4) is 0 Å². The Morgan fingerprint density at radius 2 is 1.83 bits per heavy atom. The number of hydrogen-bond acceptors (Lipinski definition) is 4. The van der Waals surface area contributed by atoms with Gasteiger partial charge in [0, 0.05) is 43.9 Å². The van der Waals surface area contributed by atoms with Crippen molar-refractivity contribution in [2.75, 3.05) is 40.0 Å². The van der Waals surface area contributed by atoms with Crippen LogP contribution in [-0.4, -0.2) is 67.7 Å². The van der Waals surface area contributed by atoms with Gasteiger partial charge in [0.1, 0.15) is 5.75 Å². The first-order chi connectivity index (χ1) is 11.0. The molecule has 0 radical (unpaired) electrons. The highest BCUT2D eigenvalue weighted by atomic mass is 35.5. The summed E-state index contributed by atoms with van der Waals surface area (Å²) in [7, 11) is 1.71. The highest BCUT2D eigenvalue weighted by Crippen LogP contribution is 2.17. The maximum absolute atomic E-state index is 12.4. The molecule has 23 heavy (non-hydrogen) atoms. The van der Waals surface area contributed by atoms with Crippen molar-refractivity contribution in [2.24, 2.45) is 0 Å². The van der Waals surface area contributed by atoms with Crippen LogP contribution in [0.25, 0.3) is 0 Å². The Hall–Kier alpha value is -1.30. The van der Waals surface area contributed by atoms with Crippen LogP contribution in [0.2, 0.25) is 5.02 Å². The van der Waals surface area contributed by atoms with Crippen LogP contribution in [0.5, 0.6) is 5.75 Å². The van der Waals surface area contributed by atoms with Crippen LogP contribution in [0.15, 0.2) is 24.3 Å². The van der Waals surface area contributed by atoms with E-state index < -0.39 is 0 Å². The summed E-state index contributed by atoms with van der Waals surface area (Å²) < 4.78 is 10.7. The van der Waals surface area contributed by atoms with Crippen molar-refractivity contribution in [3.8, 4) is 5.75 Å². The van der Waals surface area contributed by atoms with Crippen molar-refractivity contribution in [3.05, 3.63) is 29.3 Å². The molecule has 0 spiro atoms. The quantitative estimate of drug-likeness (QED) is 0.797. The minimum absolute atomic E-state index is 0.0186. The summed E-state index contributed by atoms with van der Waals surface area (Å²) in [6, 6.07) is 7.66. The molecule has 2 atom stereocenters. The van der Waals surface area contributed by atoms with Crippen molar-refractivity contribution in [3.63, 3.8) is 0 Å². The van der Waals surface area contributed by atoms with Crippen molar-refractivity contribution in [2.45, 2.75) is 25.9 Å². The van der Waals surface area contributed by atoms with Gasteiger partial charge in [-0.2, -0.15) is 0 Å². The lowest BCUT2D eigenvalue weighted by Gasteiger charge is -2.44. The first kappa shape index (κ1) is 18.0. The minimum atomic E-state index is 0.0186.